The van der Waals surface area contributed by atoms with Crippen molar-refractivity contribution < 1.29 is 9.59 Å². The van der Waals surface area contributed by atoms with Crippen LogP contribution in [0.3, 0.4) is 0 Å². The first-order chi connectivity index (χ1) is 14.5. The van der Waals surface area contributed by atoms with Gasteiger partial charge in [-0.25, -0.2) is 0 Å². The first-order valence-electron chi connectivity index (χ1n) is 12.4. The molecule has 0 heterocycles. The molecule has 0 aromatic rings. The second-order valence-corrected chi connectivity index (χ2v) is 13.1. The predicted octanol–water partition coefficient (Wildman–Crippen LogP) is 4.00. The summed E-state index contributed by atoms with van der Waals surface area (Å²) in [4.78, 5) is 25.2. The van der Waals surface area contributed by atoms with Gasteiger partial charge < -0.3 is 21.3 Å². The van der Waals surface area contributed by atoms with E-state index in [0.717, 1.165) is 32.1 Å². The third kappa shape index (κ3) is 11.1. The van der Waals surface area contributed by atoms with E-state index in [1.165, 1.54) is 0 Å². The van der Waals surface area contributed by atoms with Gasteiger partial charge in [0.1, 0.15) is 0 Å². The van der Waals surface area contributed by atoms with Gasteiger partial charge in [-0.05, 0) is 90.6 Å². The summed E-state index contributed by atoms with van der Waals surface area (Å²) in [6, 6.07) is 0.227. The lowest BCUT2D eigenvalue weighted by atomic mass is 9.77. The van der Waals surface area contributed by atoms with Crippen LogP contribution in [-0.2, 0) is 9.59 Å². The van der Waals surface area contributed by atoms with Crippen LogP contribution < -0.4 is 21.3 Å². The van der Waals surface area contributed by atoms with E-state index in [9.17, 15) is 9.59 Å². The number of amides is 2. The molecule has 1 aliphatic rings. The zero-order valence-electron chi connectivity index (χ0n) is 22.6. The van der Waals surface area contributed by atoms with Crippen molar-refractivity contribution in [2.24, 2.45) is 16.7 Å². The standard InChI is InChI=1S/C26H52N4O2/c1-23(2,17-25(5,6)27-9)14-21(31)29-16-19-11-12-20(13-19)30-22(32)15-24(3,4)18-26(7,8)28-10/h19-20,27-28H,11-18H2,1-10H3,(H,29,31)(H,30,32). The first kappa shape index (κ1) is 28.9. The molecular formula is C26H52N4O2. The van der Waals surface area contributed by atoms with Crippen LogP contribution in [0.4, 0.5) is 0 Å². The lowest BCUT2D eigenvalue weighted by Crippen LogP contribution is -2.43. The minimum atomic E-state index is -0.0583. The van der Waals surface area contributed by atoms with E-state index in [2.05, 4.69) is 76.7 Å². The van der Waals surface area contributed by atoms with Crippen molar-refractivity contribution in [3.05, 3.63) is 0 Å². The van der Waals surface area contributed by atoms with Crippen LogP contribution in [0.2, 0.25) is 0 Å². The highest BCUT2D eigenvalue weighted by molar-refractivity contribution is 5.77. The van der Waals surface area contributed by atoms with Gasteiger partial charge in [-0.1, -0.05) is 27.7 Å². The van der Waals surface area contributed by atoms with Crippen molar-refractivity contribution >= 4 is 11.8 Å². The lowest BCUT2D eigenvalue weighted by Gasteiger charge is -2.34. The van der Waals surface area contributed by atoms with E-state index in [0.29, 0.717) is 25.3 Å². The molecule has 0 aliphatic heterocycles. The monoisotopic (exact) mass is 452 g/mol. The van der Waals surface area contributed by atoms with Gasteiger partial charge in [0, 0.05) is 36.5 Å². The Morgan fingerprint density at radius 3 is 1.69 bits per heavy atom. The first-order valence-corrected chi connectivity index (χ1v) is 12.4. The molecule has 1 saturated carbocycles. The number of carbonyl (C=O) groups is 2. The normalized spacial score (nSPS) is 20.3. The van der Waals surface area contributed by atoms with Crippen molar-refractivity contribution in [3.8, 4) is 0 Å². The Morgan fingerprint density at radius 1 is 0.750 bits per heavy atom. The molecule has 2 unspecified atom stereocenters. The third-order valence-electron chi connectivity index (χ3n) is 6.97. The predicted molar refractivity (Wildman–Crippen MR) is 135 cm³/mol. The fraction of sp³-hybridized carbons (Fsp3) is 0.923. The molecule has 0 spiro atoms. The molecule has 32 heavy (non-hydrogen) atoms. The third-order valence-corrected chi connectivity index (χ3v) is 6.97. The second kappa shape index (κ2) is 11.3. The van der Waals surface area contributed by atoms with Crippen LogP contribution in [0.15, 0.2) is 0 Å². The average Bonchev–Trinajstić information content (AvgIpc) is 3.04. The molecule has 1 rings (SSSR count). The topological polar surface area (TPSA) is 82.3 Å². The highest BCUT2D eigenvalue weighted by Gasteiger charge is 2.33. The minimum absolute atomic E-state index is 0.0117. The van der Waals surface area contributed by atoms with Crippen LogP contribution in [-0.4, -0.2) is 49.6 Å². The minimum Gasteiger partial charge on any atom is -0.356 e. The van der Waals surface area contributed by atoms with Gasteiger partial charge in [-0.3, -0.25) is 9.59 Å². The van der Waals surface area contributed by atoms with Crippen LogP contribution in [0, 0.1) is 16.7 Å². The van der Waals surface area contributed by atoms with Gasteiger partial charge in [0.25, 0.3) is 0 Å². The summed E-state index contributed by atoms with van der Waals surface area (Å²) in [5, 5.41) is 13.1. The Labute approximate surface area is 197 Å². The van der Waals surface area contributed by atoms with Gasteiger partial charge in [-0.15, -0.1) is 0 Å². The summed E-state index contributed by atoms with van der Waals surface area (Å²) in [5.41, 5.74) is -0.0927. The summed E-state index contributed by atoms with van der Waals surface area (Å²) in [7, 11) is 3.94. The van der Waals surface area contributed by atoms with Crippen LogP contribution in [0.1, 0.15) is 100 Å². The number of hydrogen-bond acceptors (Lipinski definition) is 4. The van der Waals surface area contributed by atoms with Crippen molar-refractivity contribution in [1.82, 2.24) is 21.3 Å². The van der Waals surface area contributed by atoms with Gasteiger partial charge >= 0.3 is 0 Å². The maximum Gasteiger partial charge on any atom is 0.220 e. The molecule has 188 valence electrons. The Bertz CT molecular complexity index is 625. The number of rotatable bonds is 13. The molecule has 0 bridgehead atoms. The summed E-state index contributed by atoms with van der Waals surface area (Å²) < 4.78 is 0. The molecule has 0 aromatic carbocycles. The number of nitrogens with one attached hydrogen (secondary N) is 4. The van der Waals surface area contributed by atoms with Crippen LogP contribution in [0.25, 0.3) is 0 Å². The molecule has 0 saturated heterocycles. The molecule has 2 atom stereocenters. The Kier molecular flexibility index (Phi) is 10.2. The number of carbonyl (C=O) groups excluding carboxylic acids is 2. The van der Waals surface area contributed by atoms with E-state index in [1.54, 1.807) is 0 Å². The Morgan fingerprint density at radius 2 is 1.22 bits per heavy atom. The van der Waals surface area contributed by atoms with Crippen molar-refractivity contribution in [2.45, 2.75) is 117 Å². The molecule has 0 aromatic heterocycles. The van der Waals surface area contributed by atoms with Crippen molar-refractivity contribution in [1.29, 1.82) is 0 Å². The lowest BCUT2D eigenvalue weighted by molar-refractivity contribution is -0.124. The van der Waals surface area contributed by atoms with Crippen molar-refractivity contribution in [2.75, 3.05) is 20.6 Å². The van der Waals surface area contributed by atoms with Crippen LogP contribution in [0.5, 0.6) is 0 Å². The van der Waals surface area contributed by atoms with E-state index < -0.39 is 0 Å². The van der Waals surface area contributed by atoms with E-state index in [1.807, 2.05) is 14.1 Å². The molecule has 4 N–H and O–H groups in total. The fourth-order valence-corrected chi connectivity index (χ4v) is 5.55. The van der Waals surface area contributed by atoms with Gasteiger partial charge in [0.15, 0.2) is 0 Å². The summed E-state index contributed by atoms with van der Waals surface area (Å²) in [6.45, 7) is 18.0. The zero-order chi connectivity index (χ0) is 24.8. The smallest absolute Gasteiger partial charge is 0.220 e. The highest BCUT2D eigenvalue weighted by Crippen LogP contribution is 2.33. The van der Waals surface area contributed by atoms with Crippen molar-refractivity contribution in [3.63, 3.8) is 0 Å². The molecule has 6 nitrogen and oxygen atoms in total. The van der Waals surface area contributed by atoms with Gasteiger partial charge in [-0.2, -0.15) is 0 Å². The van der Waals surface area contributed by atoms with E-state index in [4.69, 9.17) is 0 Å². The van der Waals surface area contributed by atoms with E-state index in [-0.39, 0.29) is 39.8 Å². The van der Waals surface area contributed by atoms with Gasteiger partial charge in [0.05, 0.1) is 0 Å². The maximum atomic E-state index is 12.7. The maximum absolute atomic E-state index is 12.7. The fourth-order valence-electron chi connectivity index (χ4n) is 5.55. The molecule has 1 fully saturated rings. The Balaban J connectivity index is 2.40. The summed E-state index contributed by atoms with van der Waals surface area (Å²) in [6.07, 6.45) is 5.93. The number of hydrogen-bond donors (Lipinski definition) is 4. The highest BCUT2D eigenvalue weighted by atomic mass is 16.2. The van der Waals surface area contributed by atoms with Crippen LogP contribution >= 0.6 is 0 Å². The molecule has 1 aliphatic carbocycles. The van der Waals surface area contributed by atoms with Gasteiger partial charge in [0.2, 0.25) is 11.8 Å². The van der Waals surface area contributed by atoms with E-state index >= 15 is 0 Å². The summed E-state index contributed by atoms with van der Waals surface area (Å²) in [5.74, 6) is 0.714. The zero-order valence-corrected chi connectivity index (χ0v) is 22.6. The molecule has 6 heteroatoms. The Hall–Kier alpha value is -1.14. The molecule has 2 amide bonds. The second-order valence-electron chi connectivity index (χ2n) is 13.1. The average molecular weight is 453 g/mol. The quantitative estimate of drug-likeness (QED) is 0.340. The molecular weight excluding hydrogens is 400 g/mol. The SMILES string of the molecule is CNC(C)(C)CC(C)(C)CC(=O)NCC1CCC(NC(=O)CC(C)(C)CC(C)(C)NC)C1. The summed E-state index contributed by atoms with van der Waals surface area (Å²) >= 11 is 0. The largest absolute Gasteiger partial charge is 0.356 e. The molecule has 0 radical (unpaired) electrons.